The van der Waals surface area contributed by atoms with Gasteiger partial charge in [-0.05, 0) is 13.0 Å². The predicted molar refractivity (Wildman–Crippen MR) is 73.4 cm³/mol. The molecule has 0 aromatic heterocycles. The lowest BCUT2D eigenvalue weighted by Gasteiger charge is -2.10. The summed E-state index contributed by atoms with van der Waals surface area (Å²) in [4.78, 5) is 32.7. The highest BCUT2D eigenvalue weighted by Gasteiger charge is 2.16. The average molecular weight is 280 g/mol. The zero-order chi connectivity index (χ0) is 15.1. The lowest BCUT2D eigenvalue weighted by Crippen LogP contribution is -2.28. The summed E-state index contributed by atoms with van der Waals surface area (Å²) in [5, 5.41) is 16.2. The van der Waals surface area contributed by atoms with E-state index in [1.54, 1.807) is 0 Å². The lowest BCUT2D eigenvalue weighted by molar-refractivity contribution is -0.384. The molecule has 0 heterocycles. The fraction of sp³-hybridized carbons (Fsp3) is 0.333. The van der Waals surface area contributed by atoms with Gasteiger partial charge in [0.05, 0.1) is 10.5 Å². The number of nitrogens with two attached hydrogens (primary N) is 1. The number of hydrogen-bond acceptors (Lipinski definition) is 5. The van der Waals surface area contributed by atoms with Crippen molar-refractivity contribution in [3.8, 4) is 0 Å². The predicted octanol–water partition coefficient (Wildman–Crippen LogP) is 0.632. The van der Waals surface area contributed by atoms with Gasteiger partial charge in [-0.3, -0.25) is 19.7 Å². The fourth-order valence-corrected chi connectivity index (χ4v) is 1.57. The number of nitrogens with one attached hydrogen (secondary N) is 2. The Morgan fingerprint density at radius 1 is 1.40 bits per heavy atom. The van der Waals surface area contributed by atoms with E-state index in [0.29, 0.717) is 12.2 Å². The molecule has 20 heavy (non-hydrogen) atoms. The van der Waals surface area contributed by atoms with Crippen molar-refractivity contribution in [3.05, 3.63) is 33.9 Å². The number of anilines is 1. The van der Waals surface area contributed by atoms with Crippen molar-refractivity contribution in [1.29, 1.82) is 0 Å². The third-order valence-corrected chi connectivity index (χ3v) is 2.48. The minimum absolute atomic E-state index is 0.0111. The third-order valence-electron chi connectivity index (χ3n) is 2.48. The van der Waals surface area contributed by atoms with Gasteiger partial charge < -0.3 is 16.4 Å². The fourth-order valence-electron chi connectivity index (χ4n) is 1.57. The smallest absolute Gasteiger partial charge is 0.270 e. The van der Waals surface area contributed by atoms with Crippen LogP contribution in [0.1, 0.15) is 23.7 Å². The minimum atomic E-state index is -0.573. The second-order valence-electron chi connectivity index (χ2n) is 3.99. The number of carbonyl (C=O) groups is 2. The topological polar surface area (TPSA) is 127 Å². The van der Waals surface area contributed by atoms with Crippen LogP contribution in [-0.4, -0.2) is 29.8 Å². The summed E-state index contributed by atoms with van der Waals surface area (Å²) in [5.74, 6) is -1.03. The van der Waals surface area contributed by atoms with Crippen molar-refractivity contribution >= 4 is 23.2 Å². The Kier molecular flexibility index (Phi) is 5.45. The van der Waals surface area contributed by atoms with Crippen LogP contribution in [0.15, 0.2) is 18.2 Å². The third kappa shape index (κ3) is 4.23. The van der Waals surface area contributed by atoms with Crippen LogP contribution in [0.3, 0.4) is 0 Å². The first kappa shape index (κ1) is 15.4. The van der Waals surface area contributed by atoms with Crippen LogP contribution in [0.4, 0.5) is 11.4 Å². The molecule has 8 heteroatoms. The number of primary amides is 1. The number of nitro groups is 1. The maximum Gasteiger partial charge on any atom is 0.270 e. The first-order valence-electron chi connectivity index (χ1n) is 6.04. The van der Waals surface area contributed by atoms with Crippen molar-refractivity contribution in [1.82, 2.24) is 5.32 Å². The molecule has 0 saturated heterocycles. The van der Waals surface area contributed by atoms with E-state index in [9.17, 15) is 19.7 Å². The summed E-state index contributed by atoms with van der Waals surface area (Å²) < 4.78 is 0. The molecule has 0 saturated carbocycles. The Labute approximate surface area is 115 Å². The van der Waals surface area contributed by atoms with E-state index < -0.39 is 16.7 Å². The van der Waals surface area contributed by atoms with Gasteiger partial charge in [0.2, 0.25) is 5.91 Å². The van der Waals surface area contributed by atoms with Gasteiger partial charge in [-0.2, -0.15) is 0 Å². The van der Waals surface area contributed by atoms with Crippen molar-refractivity contribution in [2.75, 3.05) is 18.4 Å². The first-order chi connectivity index (χ1) is 9.45. The highest BCUT2D eigenvalue weighted by molar-refractivity contribution is 6.00. The van der Waals surface area contributed by atoms with E-state index in [1.165, 1.54) is 18.2 Å². The van der Waals surface area contributed by atoms with E-state index in [0.717, 1.165) is 0 Å². The maximum atomic E-state index is 12.0. The Balaban J connectivity index is 2.93. The molecule has 0 aliphatic rings. The molecule has 0 fully saturated rings. The van der Waals surface area contributed by atoms with Crippen molar-refractivity contribution in [2.45, 2.75) is 13.3 Å². The van der Waals surface area contributed by atoms with Crippen molar-refractivity contribution < 1.29 is 14.5 Å². The Hall–Kier alpha value is -2.64. The monoisotopic (exact) mass is 280 g/mol. The first-order valence-corrected chi connectivity index (χ1v) is 6.04. The number of nitrogens with zero attached hydrogens (tertiary/aromatic N) is 1. The second-order valence-corrected chi connectivity index (χ2v) is 3.99. The quantitative estimate of drug-likeness (QED) is 0.498. The van der Waals surface area contributed by atoms with Gasteiger partial charge >= 0.3 is 0 Å². The molecule has 1 aromatic carbocycles. The number of hydrogen-bond donors (Lipinski definition) is 3. The average Bonchev–Trinajstić information content (AvgIpc) is 2.38. The van der Waals surface area contributed by atoms with Crippen LogP contribution in [0.2, 0.25) is 0 Å². The number of rotatable bonds is 7. The maximum absolute atomic E-state index is 12.0. The van der Waals surface area contributed by atoms with E-state index in [4.69, 9.17) is 5.73 Å². The molecule has 2 amide bonds. The highest BCUT2D eigenvalue weighted by Crippen LogP contribution is 2.22. The number of benzene rings is 1. The molecular weight excluding hydrogens is 264 g/mol. The Morgan fingerprint density at radius 3 is 2.65 bits per heavy atom. The van der Waals surface area contributed by atoms with E-state index in [-0.39, 0.29) is 24.2 Å². The Morgan fingerprint density at radius 2 is 2.10 bits per heavy atom. The lowest BCUT2D eigenvalue weighted by atomic mass is 10.1. The molecule has 8 nitrogen and oxygen atoms in total. The largest absolute Gasteiger partial charge is 0.385 e. The number of amides is 2. The number of non-ortho nitro benzene ring substituents is 1. The summed E-state index contributed by atoms with van der Waals surface area (Å²) >= 11 is 0. The molecule has 0 radical (unpaired) electrons. The molecule has 0 atom stereocenters. The normalized spacial score (nSPS) is 9.85. The van der Waals surface area contributed by atoms with Crippen LogP contribution in [0.5, 0.6) is 0 Å². The summed E-state index contributed by atoms with van der Waals surface area (Å²) in [6.45, 7) is 2.50. The van der Waals surface area contributed by atoms with Crippen LogP contribution in [0.25, 0.3) is 0 Å². The van der Waals surface area contributed by atoms with Gasteiger partial charge in [0.1, 0.15) is 0 Å². The van der Waals surface area contributed by atoms with Crippen molar-refractivity contribution in [2.24, 2.45) is 5.73 Å². The molecule has 108 valence electrons. The molecule has 1 rings (SSSR count). The zero-order valence-electron chi connectivity index (χ0n) is 11.0. The number of nitro benzene ring substituents is 1. The van der Waals surface area contributed by atoms with Crippen LogP contribution in [-0.2, 0) is 4.79 Å². The summed E-state index contributed by atoms with van der Waals surface area (Å²) in [7, 11) is 0. The van der Waals surface area contributed by atoms with Crippen LogP contribution >= 0.6 is 0 Å². The summed E-state index contributed by atoms with van der Waals surface area (Å²) in [6.07, 6.45) is 0.0111. The minimum Gasteiger partial charge on any atom is -0.385 e. The Bertz CT molecular complexity index is 530. The molecular formula is C12H16N4O4. The van der Waals surface area contributed by atoms with Crippen LogP contribution < -0.4 is 16.4 Å². The highest BCUT2D eigenvalue weighted by atomic mass is 16.6. The van der Waals surface area contributed by atoms with Gasteiger partial charge in [-0.25, -0.2) is 0 Å². The molecule has 0 spiro atoms. The molecule has 0 unspecified atom stereocenters. The van der Waals surface area contributed by atoms with E-state index in [2.05, 4.69) is 10.6 Å². The van der Waals surface area contributed by atoms with Crippen molar-refractivity contribution in [3.63, 3.8) is 0 Å². The van der Waals surface area contributed by atoms with Gasteiger partial charge in [-0.15, -0.1) is 0 Å². The molecule has 1 aromatic rings. The second kappa shape index (κ2) is 7.07. The van der Waals surface area contributed by atoms with E-state index in [1.807, 2.05) is 6.92 Å². The molecule has 4 N–H and O–H groups in total. The number of carbonyl (C=O) groups excluding carboxylic acids is 2. The van der Waals surface area contributed by atoms with Gasteiger partial charge in [0.15, 0.2) is 0 Å². The van der Waals surface area contributed by atoms with E-state index >= 15 is 0 Å². The van der Waals surface area contributed by atoms with Gasteiger partial charge in [-0.1, -0.05) is 0 Å². The van der Waals surface area contributed by atoms with Gasteiger partial charge in [0.25, 0.3) is 11.6 Å². The zero-order valence-corrected chi connectivity index (χ0v) is 11.0. The summed E-state index contributed by atoms with van der Waals surface area (Å²) in [5.41, 5.74) is 5.45. The standard InChI is InChI=1S/C12H16N4O4/c1-2-14-10-4-3-8(16(19)20)7-9(10)12(18)15-6-5-11(13)17/h3-4,7,14H,2,5-6H2,1H3,(H2,13,17)(H,15,18). The summed E-state index contributed by atoms with van der Waals surface area (Å²) in [6, 6.07) is 3.99. The molecule has 0 bridgehead atoms. The van der Waals surface area contributed by atoms with Gasteiger partial charge in [0, 0.05) is 37.3 Å². The SMILES string of the molecule is CCNc1ccc([N+](=O)[O-])cc1C(=O)NCCC(N)=O. The van der Waals surface area contributed by atoms with Crippen LogP contribution in [0, 0.1) is 10.1 Å². The molecule has 0 aliphatic heterocycles. The molecule has 0 aliphatic carbocycles.